The number of imidazole rings is 1. The lowest BCUT2D eigenvalue weighted by atomic mass is 10.4. The van der Waals surface area contributed by atoms with Crippen molar-refractivity contribution in [3.63, 3.8) is 0 Å². The van der Waals surface area contributed by atoms with Crippen molar-refractivity contribution >= 4 is 11.8 Å². The zero-order chi connectivity index (χ0) is 9.38. The van der Waals surface area contributed by atoms with E-state index in [4.69, 9.17) is 0 Å². The lowest BCUT2D eigenvalue weighted by Gasteiger charge is -2.23. The summed E-state index contributed by atoms with van der Waals surface area (Å²) in [7, 11) is 0. The molecule has 14 heavy (non-hydrogen) atoms. The highest BCUT2D eigenvalue weighted by Gasteiger charge is 2.28. The molecule has 1 aromatic rings. The van der Waals surface area contributed by atoms with Gasteiger partial charge in [0.1, 0.15) is 0 Å². The third kappa shape index (κ3) is 1.57. The van der Waals surface area contributed by atoms with Crippen LogP contribution in [0.5, 0.6) is 0 Å². The van der Waals surface area contributed by atoms with Crippen LogP contribution in [-0.2, 0) is 0 Å². The van der Waals surface area contributed by atoms with Crippen molar-refractivity contribution in [2.75, 3.05) is 12.3 Å². The molecule has 1 atom stereocenters. The molecule has 2 aliphatic rings. The summed E-state index contributed by atoms with van der Waals surface area (Å²) in [5, 5.41) is 4.03. The van der Waals surface area contributed by atoms with Crippen LogP contribution >= 0.6 is 11.8 Å². The lowest BCUT2D eigenvalue weighted by Crippen LogP contribution is -2.26. The van der Waals surface area contributed by atoms with Crippen LogP contribution in [0.25, 0.3) is 0 Å². The van der Waals surface area contributed by atoms with Crippen molar-refractivity contribution < 1.29 is 0 Å². The molecule has 1 aliphatic heterocycles. The number of hydrogen-bond donors (Lipinski definition) is 1. The van der Waals surface area contributed by atoms with Gasteiger partial charge in [-0.3, -0.25) is 0 Å². The van der Waals surface area contributed by atoms with Crippen LogP contribution in [0.2, 0.25) is 0 Å². The van der Waals surface area contributed by atoms with Crippen LogP contribution < -0.4 is 5.32 Å². The summed E-state index contributed by atoms with van der Waals surface area (Å²) < 4.78 is 2.36. The maximum Gasteiger partial charge on any atom is 0.0958 e. The Morgan fingerprint density at radius 3 is 3.14 bits per heavy atom. The largest absolute Gasteiger partial charge is 0.329 e. The van der Waals surface area contributed by atoms with Crippen molar-refractivity contribution in [3.05, 3.63) is 18.2 Å². The van der Waals surface area contributed by atoms with Crippen molar-refractivity contribution in [3.8, 4) is 0 Å². The van der Waals surface area contributed by atoms with E-state index in [2.05, 4.69) is 14.9 Å². The minimum atomic E-state index is 0.479. The summed E-state index contributed by atoms with van der Waals surface area (Å²) in [4.78, 5) is 4.27. The van der Waals surface area contributed by atoms with E-state index in [1.165, 1.54) is 30.7 Å². The molecule has 0 spiro atoms. The van der Waals surface area contributed by atoms with E-state index in [0.717, 1.165) is 12.6 Å². The number of rotatable bonds is 2. The third-order valence-electron chi connectivity index (χ3n) is 2.84. The van der Waals surface area contributed by atoms with Crippen molar-refractivity contribution in [1.29, 1.82) is 0 Å². The maximum atomic E-state index is 4.27. The first-order valence-electron chi connectivity index (χ1n) is 5.32. The molecule has 1 saturated heterocycles. The normalized spacial score (nSPS) is 27.9. The Balaban J connectivity index is 1.82. The summed E-state index contributed by atoms with van der Waals surface area (Å²) in [6.07, 6.45) is 7.97. The first-order valence-corrected chi connectivity index (χ1v) is 6.37. The summed E-state index contributed by atoms with van der Waals surface area (Å²) >= 11 is 2.01. The zero-order valence-electron chi connectivity index (χ0n) is 8.15. The maximum absolute atomic E-state index is 4.27. The molecule has 3 nitrogen and oxygen atoms in total. The third-order valence-corrected chi connectivity index (χ3v) is 4.11. The molecular weight excluding hydrogens is 194 g/mol. The van der Waals surface area contributed by atoms with Gasteiger partial charge in [0.05, 0.1) is 23.6 Å². The molecule has 0 bridgehead atoms. The predicted octanol–water partition coefficient (Wildman–Crippen LogP) is 1.94. The van der Waals surface area contributed by atoms with Crippen LogP contribution in [-0.4, -0.2) is 21.8 Å². The Kier molecular flexibility index (Phi) is 2.25. The van der Waals surface area contributed by atoms with E-state index >= 15 is 0 Å². The standard InChI is InChI=1S/C10H15N3S/c1-4-12-10(14-5-1)9-6-11-7-13(9)8-2-3-8/h6-8,10,12H,1-5H2. The molecule has 0 radical (unpaired) electrons. The van der Waals surface area contributed by atoms with Crippen LogP contribution in [0.3, 0.4) is 0 Å². The van der Waals surface area contributed by atoms with Gasteiger partial charge in [-0.25, -0.2) is 4.98 Å². The number of nitrogens with one attached hydrogen (secondary N) is 1. The van der Waals surface area contributed by atoms with Crippen molar-refractivity contribution in [1.82, 2.24) is 14.9 Å². The summed E-state index contributed by atoms with van der Waals surface area (Å²) in [6, 6.07) is 0.747. The fourth-order valence-electron chi connectivity index (χ4n) is 1.93. The van der Waals surface area contributed by atoms with E-state index in [-0.39, 0.29) is 0 Å². The van der Waals surface area contributed by atoms with Gasteiger partial charge in [-0.05, 0) is 31.6 Å². The second-order valence-electron chi connectivity index (χ2n) is 4.02. The molecule has 1 saturated carbocycles. The minimum absolute atomic E-state index is 0.479. The summed E-state index contributed by atoms with van der Waals surface area (Å²) in [6.45, 7) is 1.15. The summed E-state index contributed by atoms with van der Waals surface area (Å²) in [5.41, 5.74) is 1.37. The highest BCUT2D eigenvalue weighted by molar-refractivity contribution is 7.99. The predicted molar refractivity (Wildman–Crippen MR) is 58.3 cm³/mol. The Morgan fingerprint density at radius 1 is 1.50 bits per heavy atom. The van der Waals surface area contributed by atoms with E-state index in [0.29, 0.717) is 5.37 Å². The van der Waals surface area contributed by atoms with Gasteiger partial charge in [0.25, 0.3) is 0 Å². The molecule has 76 valence electrons. The first-order chi connectivity index (χ1) is 6.95. The SMILES string of the molecule is c1ncn(C2CC2)c1C1NCCCS1. The van der Waals surface area contributed by atoms with Gasteiger partial charge in [-0.2, -0.15) is 0 Å². The number of nitrogens with zero attached hydrogens (tertiary/aromatic N) is 2. The van der Waals surface area contributed by atoms with Crippen LogP contribution in [0.15, 0.2) is 12.5 Å². The molecule has 3 rings (SSSR count). The van der Waals surface area contributed by atoms with Crippen LogP contribution in [0, 0.1) is 0 Å². The zero-order valence-corrected chi connectivity index (χ0v) is 8.96. The molecular formula is C10H15N3S. The Morgan fingerprint density at radius 2 is 2.43 bits per heavy atom. The molecule has 1 N–H and O–H groups in total. The molecule has 2 fully saturated rings. The second-order valence-corrected chi connectivity index (χ2v) is 5.23. The molecule has 1 unspecified atom stereocenters. The molecule has 2 heterocycles. The van der Waals surface area contributed by atoms with Gasteiger partial charge >= 0.3 is 0 Å². The van der Waals surface area contributed by atoms with E-state index < -0.39 is 0 Å². The quantitative estimate of drug-likeness (QED) is 0.807. The number of thioether (sulfide) groups is 1. The second kappa shape index (κ2) is 3.59. The van der Waals surface area contributed by atoms with E-state index in [1.54, 1.807) is 0 Å². The van der Waals surface area contributed by atoms with Crippen molar-refractivity contribution in [2.24, 2.45) is 0 Å². The van der Waals surface area contributed by atoms with Crippen LogP contribution in [0.4, 0.5) is 0 Å². The Labute approximate surface area is 88.3 Å². The van der Waals surface area contributed by atoms with E-state index in [9.17, 15) is 0 Å². The van der Waals surface area contributed by atoms with Crippen molar-refractivity contribution in [2.45, 2.75) is 30.7 Å². The van der Waals surface area contributed by atoms with Crippen LogP contribution in [0.1, 0.15) is 36.4 Å². The van der Waals surface area contributed by atoms with Gasteiger partial charge in [0, 0.05) is 6.04 Å². The Hall–Kier alpha value is -0.480. The smallest absolute Gasteiger partial charge is 0.0958 e. The molecule has 1 aliphatic carbocycles. The molecule has 4 heteroatoms. The lowest BCUT2D eigenvalue weighted by molar-refractivity contribution is 0.592. The van der Waals surface area contributed by atoms with Gasteiger partial charge < -0.3 is 9.88 Å². The highest BCUT2D eigenvalue weighted by Crippen LogP contribution is 2.39. The van der Waals surface area contributed by atoms with Gasteiger partial charge in [-0.15, -0.1) is 11.8 Å². The monoisotopic (exact) mass is 209 g/mol. The van der Waals surface area contributed by atoms with Gasteiger partial charge in [0.15, 0.2) is 0 Å². The van der Waals surface area contributed by atoms with Gasteiger partial charge in [-0.1, -0.05) is 0 Å². The van der Waals surface area contributed by atoms with E-state index in [1.807, 2.05) is 24.3 Å². The average Bonchev–Trinajstić information content (AvgIpc) is 2.98. The molecule has 0 aromatic carbocycles. The fourth-order valence-corrected chi connectivity index (χ4v) is 3.07. The highest BCUT2D eigenvalue weighted by atomic mass is 32.2. The topological polar surface area (TPSA) is 29.9 Å². The van der Waals surface area contributed by atoms with Gasteiger partial charge in [0.2, 0.25) is 0 Å². The fraction of sp³-hybridized carbons (Fsp3) is 0.700. The summed E-state index contributed by atoms with van der Waals surface area (Å²) in [5.74, 6) is 1.27. The average molecular weight is 209 g/mol. The minimum Gasteiger partial charge on any atom is -0.329 e. The number of aromatic nitrogens is 2. The molecule has 0 amide bonds. The number of hydrogen-bond acceptors (Lipinski definition) is 3. The Bertz CT molecular complexity index is 313. The molecule has 1 aromatic heterocycles. The first kappa shape index (κ1) is 8.80.